The van der Waals surface area contributed by atoms with Crippen molar-refractivity contribution in [3.63, 3.8) is 0 Å². The molecule has 2 amide bonds. The lowest BCUT2D eigenvalue weighted by Crippen LogP contribution is -2.47. The minimum Gasteiger partial charge on any atom is -0.453 e. The molecular weight excluding hydrogens is 330 g/mol. The molecule has 0 aliphatic carbocycles. The van der Waals surface area contributed by atoms with E-state index in [-0.39, 0.29) is 5.91 Å². The zero-order chi connectivity index (χ0) is 18.4. The fraction of sp³-hybridized carbons (Fsp3) is 0.200. The number of aromatic nitrogens is 1. The number of methoxy groups -OCH3 is 1. The number of benzene rings is 2. The van der Waals surface area contributed by atoms with Crippen LogP contribution in [0.5, 0.6) is 0 Å². The zero-order valence-electron chi connectivity index (χ0n) is 14.5. The molecule has 1 heterocycles. The van der Waals surface area contributed by atoms with E-state index < -0.39 is 12.1 Å². The Hall–Kier alpha value is -3.28. The molecule has 6 nitrogen and oxygen atoms in total. The number of alkyl carbamates (subject to hydrolysis) is 1. The first-order valence-corrected chi connectivity index (χ1v) is 8.38. The molecule has 0 bridgehead atoms. The van der Waals surface area contributed by atoms with E-state index in [2.05, 4.69) is 20.4 Å². The van der Waals surface area contributed by atoms with Crippen LogP contribution in [-0.4, -0.2) is 30.1 Å². The number of ether oxygens (including phenoxy) is 1. The molecule has 3 rings (SSSR count). The fourth-order valence-corrected chi connectivity index (χ4v) is 2.84. The Balaban J connectivity index is 1.73. The molecule has 0 saturated carbocycles. The van der Waals surface area contributed by atoms with Crippen LogP contribution < -0.4 is 10.6 Å². The third-order valence-corrected chi connectivity index (χ3v) is 4.20. The van der Waals surface area contributed by atoms with E-state index in [0.717, 1.165) is 22.0 Å². The molecule has 1 aromatic heterocycles. The van der Waals surface area contributed by atoms with Gasteiger partial charge in [-0.25, -0.2) is 4.79 Å². The highest BCUT2D eigenvalue weighted by Gasteiger charge is 2.22. The first-order chi connectivity index (χ1) is 12.7. The van der Waals surface area contributed by atoms with Crippen molar-refractivity contribution in [3.05, 3.63) is 71.9 Å². The van der Waals surface area contributed by atoms with Crippen LogP contribution in [0.2, 0.25) is 0 Å². The van der Waals surface area contributed by atoms with Crippen LogP contribution in [0.3, 0.4) is 0 Å². The van der Waals surface area contributed by atoms with Gasteiger partial charge in [-0.2, -0.15) is 0 Å². The van der Waals surface area contributed by atoms with Crippen molar-refractivity contribution in [3.8, 4) is 0 Å². The lowest BCUT2D eigenvalue weighted by atomic mass is 10.0. The summed E-state index contributed by atoms with van der Waals surface area (Å²) in [6.45, 7) is 0.396. The molecule has 0 spiro atoms. The van der Waals surface area contributed by atoms with Crippen LogP contribution in [-0.2, 0) is 22.5 Å². The average molecular weight is 351 g/mol. The molecule has 134 valence electrons. The van der Waals surface area contributed by atoms with E-state index in [9.17, 15) is 9.59 Å². The summed E-state index contributed by atoms with van der Waals surface area (Å²) in [6.07, 6.45) is 1.59. The lowest BCUT2D eigenvalue weighted by molar-refractivity contribution is -0.123. The average Bonchev–Trinajstić information content (AvgIpc) is 3.09. The van der Waals surface area contributed by atoms with Gasteiger partial charge in [-0.3, -0.25) is 4.79 Å². The highest BCUT2D eigenvalue weighted by molar-refractivity contribution is 5.88. The number of carbonyl (C=O) groups excluding carboxylic acids is 2. The number of para-hydroxylation sites is 1. The number of aromatic amines is 1. The fourth-order valence-electron chi connectivity index (χ4n) is 2.84. The van der Waals surface area contributed by atoms with E-state index >= 15 is 0 Å². The maximum Gasteiger partial charge on any atom is 0.407 e. The summed E-state index contributed by atoms with van der Waals surface area (Å²) in [5, 5.41) is 6.52. The summed E-state index contributed by atoms with van der Waals surface area (Å²) in [7, 11) is 1.28. The molecule has 26 heavy (non-hydrogen) atoms. The van der Waals surface area contributed by atoms with Crippen LogP contribution in [0.15, 0.2) is 60.8 Å². The van der Waals surface area contributed by atoms with Gasteiger partial charge in [0.1, 0.15) is 6.04 Å². The molecule has 0 fully saturated rings. The van der Waals surface area contributed by atoms with Gasteiger partial charge in [0.2, 0.25) is 5.91 Å². The van der Waals surface area contributed by atoms with Crippen LogP contribution in [0, 0.1) is 0 Å². The van der Waals surface area contributed by atoms with Gasteiger partial charge in [-0.15, -0.1) is 0 Å². The highest BCUT2D eigenvalue weighted by Crippen LogP contribution is 2.19. The summed E-state index contributed by atoms with van der Waals surface area (Å²) in [5.41, 5.74) is 2.94. The number of amides is 2. The number of H-pyrrole nitrogens is 1. The van der Waals surface area contributed by atoms with Crippen LogP contribution in [0.1, 0.15) is 11.1 Å². The molecule has 0 aliphatic heterocycles. The van der Waals surface area contributed by atoms with Crippen molar-refractivity contribution in [2.45, 2.75) is 19.0 Å². The minimum absolute atomic E-state index is 0.260. The Bertz CT molecular complexity index is 889. The molecule has 6 heteroatoms. The van der Waals surface area contributed by atoms with Crippen molar-refractivity contribution in [1.29, 1.82) is 0 Å². The van der Waals surface area contributed by atoms with E-state index in [0.29, 0.717) is 13.0 Å². The number of fused-ring (bicyclic) bond motifs is 1. The van der Waals surface area contributed by atoms with Gasteiger partial charge in [0.25, 0.3) is 0 Å². The Kier molecular flexibility index (Phi) is 5.53. The number of carbonyl (C=O) groups is 2. The molecule has 0 radical (unpaired) electrons. The van der Waals surface area contributed by atoms with Gasteiger partial charge in [0.15, 0.2) is 0 Å². The van der Waals surface area contributed by atoms with E-state index in [1.165, 1.54) is 7.11 Å². The summed E-state index contributed by atoms with van der Waals surface area (Å²) >= 11 is 0. The van der Waals surface area contributed by atoms with Gasteiger partial charge < -0.3 is 20.4 Å². The first kappa shape index (κ1) is 17.5. The molecule has 2 aromatic carbocycles. The molecule has 0 saturated heterocycles. The summed E-state index contributed by atoms with van der Waals surface area (Å²) in [6, 6.07) is 16.7. The number of nitrogens with one attached hydrogen (secondary N) is 3. The predicted octanol–water partition coefficient (Wildman–Crippen LogP) is 2.75. The predicted molar refractivity (Wildman–Crippen MR) is 99.6 cm³/mol. The van der Waals surface area contributed by atoms with Gasteiger partial charge in [-0.05, 0) is 17.2 Å². The smallest absolute Gasteiger partial charge is 0.407 e. The van der Waals surface area contributed by atoms with Gasteiger partial charge in [-0.1, -0.05) is 48.5 Å². The van der Waals surface area contributed by atoms with Crippen molar-refractivity contribution in [2.24, 2.45) is 0 Å². The number of hydrogen-bond donors (Lipinski definition) is 3. The third kappa shape index (κ3) is 4.22. The topological polar surface area (TPSA) is 83.2 Å². The highest BCUT2D eigenvalue weighted by atomic mass is 16.5. The SMILES string of the molecule is COC(=O)N[C@@H](Cc1c[nH]c2ccccc12)C(=O)NCc1ccccc1. The molecule has 3 aromatic rings. The zero-order valence-corrected chi connectivity index (χ0v) is 14.5. The Labute approximate surface area is 151 Å². The summed E-state index contributed by atoms with van der Waals surface area (Å²) in [5.74, 6) is -0.260. The molecule has 0 aliphatic rings. The van der Waals surface area contributed by atoms with Crippen molar-refractivity contribution < 1.29 is 14.3 Å². The minimum atomic E-state index is -0.731. The number of rotatable bonds is 6. The normalized spacial score (nSPS) is 11.7. The molecule has 3 N–H and O–H groups in total. The van der Waals surface area contributed by atoms with Gasteiger partial charge >= 0.3 is 6.09 Å². The van der Waals surface area contributed by atoms with Gasteiger partial charge in [0, 0.05) is 30.1 Å². The van der Waals surface area contributed by atoms with Crippen molar-refractivity contribution in [1.82, 2.24) is 15.6 Å². The molecular formula is C20H21N3O3. The monoisotopic (exact) mass is 351 g/mol. The van der Waals surface area contributed by atoms with Crippen molar-refractivity contribution >= 4 is 22.9 Å². The second-order valence-electron chi connectivity index (χ2n) is 5.96. The van der Waals surface area contributed by atoms with E-state index in [1.54, 1.807) is 0 Å². The molecule has 0 unspecified atom stereocenters. The Morgan fingerprint density at radius 3 is 2.58 bits per heavy atom. The van der Waals surface area contributed by atoms with Gasteiger partial charge in [0.05, 0.1) is 7.11 Å². The summed E-state index contributed by atoms with van der Waals surface area (Å²) in [4.78, 5) is 27.5. The largest absolute Gasteiger partial charge is 0.453 e. The summed E-state index contributed by atoms with van der Waals surface area (Å²) < 4.78 is 4.66. The standard InChI is InChI=1S/C20H21N3O3/c1-26-20(25)23-18(19(24)22-12-14-7-3-2-4-8-14)11-15-13-21-17-10-6-5-9-16(15)17/h2-10,13,18,21H,11-12H2,1H3,(H,22,24)(H,23,25)/t18-/m0/s1. The lowest BCUT2D eigenvalue weighted by Gasteiger charge is -2.17. The Morgan fingerprint density at radius 2 is 1.81 bits per heavy atom. The van der Waals surface area contributed by atoms with E-state index in [4.69, 9.17) is 0 Å². The van der Waals surface area contributed by atoms with Crippen molar-refractivity contribution in [2.75, 3.05) is 7.11 Å². The quantitative estimate of drug-likeness (QED) is 0.638. The second-order valence-corrected chi connectivity index (χ2v) is 5.96. The maximum absolute atomic E-state index is 12.6. The molecule has 1 atom stereocenters. The van der Waals surface area contributed by atoms with Crippen LogP contribution in [0.25, 0.3) is 10.9 Å². The van der Waals surface area contributed by atoms with Crippen LogP contribution >= 0.6 is 0 Å². The van der Waals surface area contributed by atoms with Crippen LogP contribution in [0.4, 0.5) is 4.79 Å². The second kappa shape index (κ2) is 8.20. The maximum atomic E-state index is 12.6. The number of hydrogen-bond acceptors (Lipinski definition) is 3. The van der Waals surface area contributed by atoms with E-state index in [1.807, 2.05) is 60.8 Å². The Morgan fingerprint density at radius 1 is 1.08 bits per heavy atom. The third-order valence-electron chi connectivity index (χ3n) is 4.20. The first-order valence-electron chi connectivity index (χ1n) is 8.38.